The first-order valence-corrected chi connectivity index (χ1v) is 9.06. The Balaban J connectivity index is 1.49. The van der Waals surface area contributed by atoms with Crippen LogP contribution in [0.2, 0.25) is 0 Å². The van der Waals surface area contributed by atoms with E-state index in [4.69, 9.17) is 0 Å². The molecule has 0 saturated heterocycles. The van der Waals surface area contributed by atoms with Gasteiger partial charge in [0.1, 0.15) is 0 Å². The zero-order chi connectivity index (χ0) is 18.1. The van der Waals surface area contributed by atoms with Gasteiger partial charge in [-0.1, -0.05) is 18.2 Å². The Bertz CT molecular complexity index is 879. The van der Waals surface area contributed by atoms with Crippen LogP contribution >= 0.6 is 0 Å². The Morgan fingerprint density at radius 3 is 2.81 bits per heavy atom. The fraction of sp³-hybridized carbons (Fsp3) is 0.350. The number of hydrogen-bond donors (Lipinski definition) is 1. The number of benzene rings is 2. The lowest BCUT2D eigenvalue weighted by Crippen LogP contribution is -2.34. The van der Waals surface area contributed by atoms with Crippen molar-refractivity contribution in [1.82, 2.24) is 0 Å². The van der Waals surface area contributed by atoms with Gasteiger partial charge in [0.25, 0.3) is 5.69 Å². The summed E-state index contributed by atoms with van der Waals surface area (Å²) in [6.45, 7) is 0.766. The fourth-order valence-electron chi connectivity index (χ4n) is 3.95. The molecule has 4 rings (SSSR count). The van der Waals surface area contributed by atoms with Gasteiger partial charge in [0, 0.05) is 24.4 Å². The van der Waals surface area contributed by atoms with Gasteiger partial charge in [0.2, 0.25) is 5.91 Å². The highest BCUT2D eigenvalue weighted by atomic mass is 16.6. The Kier molecular flexibility index (Phi) is 4.32. The van der Waals surface area contributed by atoms with Crippen molar-refractivity contribution in [2.24, 2.45) is 0 Å². The summed E-state index contributed by atoms with van der Waals surface area (Å²) < 4.78 is 0. The van der Waals surface area contributed by atoms with Crippen LogP contribution in [0.25, 0.3) is 0 Å². The van der Waals surface area contributed by atoms with Crippen molar-refractivity contribution in [3.8, 4) is 0 Å². The number of aryl methyl sites for hydroxylation is 1. The van der Waals surface area contributed by atoms with Gasteiger partial charge >= 0.3 is 0 Å². The maximum atomic E-state index is 12.7. The predicted molar refractivity (Wildman–Crippen MR) is 101 cm³/mol. The van der Waals surface area contributed by atoms with Crippen molar-refractivity contribution in [2.45, 2.75) is 32.1 Å². The summed E-state index contributed by atoms with van der Waals surface area (Å²) in [6.07, 6.45) is 5.29. The van der Waals surface area contributed by atoms with E-state index in [9.17, 15) is 14.9 Å². The zero-order valence-electron chi connectivity index (χ0n) is 14.5. The molecule has 0 fully saturated rings. The number of hydrogen-bond acceptors (Lipinski definition) is 4. The molecule has 2 aromatic carbocycles. The Morgan fingerprint density at radius 2 is 1.96 bits per heavy atom. The largest absolute Gasteiger partial charge is 0.376 e. The van der Waals surface area contributed by atoms with E-state index in [2.05, 4.69) is 11.4 Å². The van der Waals surface area contributed by atoms with Gasteiger partial charge in [0.15, 0.2) is 0 Å². The molecule has 0 aromatic heterocycles. The van der Waals surface area contributed by atoms with E-state index in [1.165, 1.54) is 36.1 Å². The number of fused-ring (bicyclic) bond motifs is 2. The number of non-ortho nitro benzene ring substituents is 1. The molecule has 1 heterocycles. The van der Waals surface area contributed by atoms with Gasteiger partial charge in [-0.25, -0.2) is 0 Å². The average Bonchev–Trinajstić information content (AvgIpc) is 3.09. The molecule has 134 valence electrons. The van der Waals surface area contributed by atoms with E-state index in [1.54, 1.807) is 11.0 Å². The minimum atomic E-state index is -0.421. The van der Waals surface area contributed by atoms with Crippen molar-refractivity contribution in [1.29, 1.82) is 0 Å². The smallest absolute Gasteiger partial charge is 0.271 e. The summed E-state index contributed by atoms with van der Waals surface area (Å²) in [7, 11) is 0. The highest BCUT2D eigenvalue weighted by Gasteiger charge is 2.26. The molecule has 0 spiro atoms. The molecule has 1 N–H and O–H groups in total. The summed E-state index contributed by atoms with van der Waals surface area (Å²) in [5.74, 6) is -0.0577. The van der Waals surface area contributed by atoms with Crippen molar-refractivity contribution < 1.29 is 9.72 Å². The third-order valence-electron chi connectivity index (χ3n) is 5.30. The molecule has 0 saturated carbocycles. The standard InChI is InChI=1S/C20H21N3O3/c24-20(13-21-18-7-3-5-14-4-1-2-6-17(14)18)22-11-10-15-8-9-16(23(25)26)12-19(15)22/h3,5,7-9,12,21H,1-2,4,6,10-11,13H2. The highest BCUT2D eigenvalue weighted by Crippen LogP contribution is 2.32. The first-order chi connectivity index (χ1) is 12.6. The maximum Gasteiger partial charge on any atom is 0.271 e. The van der Waals surface area contributed by atoms with Crippen molar-refractivity contribution in [3.05, 3.63) is 63.2 Å². The molecular formula is C20H21N3O3. The van der Waals surface area contributed by atoms with E-state index in [-0.39, 0.29) is 18.1 Å². The van der Waals surface area contributed by atoms with E-state index < -0.39 is 4.92 Å². The monoisotopic (exact) mass is 351 g/mol. The van der Waals surface area contributed by atoms with E-state index >= 15 is 0 Å². The van der Waals surface area contributed by atoms with Crippen LogP contribution < -0.4 is 10.2 Å². The lowest BCUT2D eigenvalue weighted by Gasteiger charge is -2.22. The predicted octanol–water partition coefficient (Wildman–Crippen LogP) is 3.47. The maximum absolute atomic E-state index is 12.7. The summed E-state index contributed by atoms with van der Waals surface area (Å²) in [6, 6.07) is 11.0. The average molecular weight is 351 g/mol. The molecular weight excluding hydrogens is 330 g/mol. The number of anilines is 2. The molecule has 0 bridgehead atoms. The Hall–Kier alpha value is -2.89. The summed E-state index contributed by atoms with van der Waals surface area (Å²) in [5, 5.41) is 14.3. The van der Waals surface area contributed by atoms with Crippen LogP contribution in [0.15, 0.2) is 36.4 Å². The summed E-state index contributed by atoms with van der Waals surface area (Å²) in [5.41, 5.74) is 5.41. The number of nitro groups is 1. The molecule has 0 unspecified atom stereocenters. The second kappa shape index (κ2) is 6.78. The fourth-order valence-corrected chi connectivity index (χ4v) is 3.95. The molecule has 1 amide bonds. The minimum Gasteiger partial charge on any atom is -0.376 e. The molecule has 6 nitrogen and oxygen atoms in total. The number of carbonyl (C=O) groups excluding carboxylic acids is 1. The van der Waals surface area contributed by atoms with Crippen LogP contribution in [-0.2, 0) is 24.1 Å². The minimum absolute atomic E-state index is 0.0218. The first-order valence-electron chi connectivity index (χ1n) is 9.06. The number of amides is 1. The van der Waals surface area contributed by atoms with Gasteiger partial charge in [-0.2, -0.15) is 0 Å². The van der Waals surface area contributed by atoms with Gasteiger partial charge in [-0.05, 0) is 54.9 Å². The number of nitro benzene ring substituents is 1. The molecule has 0 atom stereocenters. The first kappa shape index (κ1) is 16.6. The van der Waals surface area contributed by atoms with Crippen LogP contribution in [0.3, 0.4) is 0 Å². The lowest BCUT2D eigenvalue weighted by atomic mass is 9.90. The summed E-state index contributed by atoms with van der Waals surface area (Å²) >= 11 is 0. The van der Waals surface area contributed by atoms with Crippen LogP contribution in [0.1, 0.15) is 29.5 Å². The van der Waals surface area contributed by atoms with Crippen LogP contribution in [0.5, 0.6) is 0 Å². The molecule has 26 heavy (non-hydrogen) atoms. The SMILES string of the molecule is O=C(CNc1cccc2c1CCCC2)N1CCc2ccc([N+](=O)[O-])cc21. The van der Waals surface area contributed by atoms with Gasteiger partial charge in [0.05, 0.1) is 17.2 Å². The number of carbonyl (C=O) groups is 1. The van der Waals surface area contributed by atoms with E-state index in [0.29, 0.717) is 12.2 Å². The second-order valence-electron chi connectivity index (χ2n) is 6.87. The van der Waals surface area contributed by atoms with Gasteiger partial charge in [-0.3, -0.25) is 14.9 Å². The number of nitrogens with one attached hydrogen (secondary N) is 1. The van der Waals surface area contributed by atoms with Crippen LogP contribution in [0, 0.1) is 10.1 Å². The van der Waals surface area contributed by atoms with E-state index in [1.807, 2.05) is 12.1 Å². The Morgan fingerprint density at radius 1 is 1.12 bits per heavy atom. The lowest BCUT2D eigenvalue weighted by molar-refractivity contribution is -0.384. The third kappa shape index (κ3) is 3.03. The normalized spacial score (nSPS) is 15.3. The molecule has 1 aliphatic carbocycles. The molecule has 0 radical (unpaired) electrons. The third-order valence-corrected chi connectivity index (χ3v) is 5.30. The topological polar surface area (TPSA) is 75.5 Å². The van der Waals surface area contributed by atoms with Crippen molar-refractivity contribution >= 4 is 23.0 Å². The van der Waals surface area contributed by atoms with Crippen LogP contribution in [-0.4, -0.2) is 23.9 Å². The molecule has 2 aliphatic rings. The van der Waals surface area contributed by atoms with Crippen molar-refractivity contribution in [2.75, 3.05) is 23.3 Å². The number of nitrogens with zero attached hydrogens (tertiary/aromatic N) is 2. The highest BCUT2D eigenvalue weighted by molar-refractivity contribution is 5.98. The van der Waals surface area contributed by atoms with Gasteiger partial charge < -0.3 is 10.2 Å². The van der Waals surface area contributed by atoms with E-state index in [0.717, 1.165) is 30.5 Å². The summed E-state index contributed by atoms with van der Waals surface area (Å²) in [4.78, 5) is 25.0. The quantitative estimate of drug-likeness (QED) is 0.676. The second-order valence-corrected chi connectivity index (χ2v) is 6.87. The molecule has 6 heteroatoms. The zero-order valence-corrected chi connectivity index (χ0v) is 14.5. The van der Waals surface area contributed by atoms with Crippen LogP contribution in [0.4, 0.5) is 17.1 Å². The molecule has 2 aromatic rings. The Labute approximate surface area is 152 Å². The van der Waals surface area contributed by atoms with Gasteiger partial charge in [-0.15, -0.1) is 0 Å². The van der Waals surface area contributed by atoms with Crippen molar-refractivity contribution in [3.63, 3.8) is 0 Å². The molecule has 1 aliphatic heterocycles. The number of rotatable bonds is 4.